The molecule has 106 valence electrons. The molecule has 0 bridgehead atoms. The molecule has 0 saturated carbocycles. The number of oxazole rings is 1. The van der Waals surface area contributed by atoms with E-state index in [2.05, 4.69) is 4.98 Å². The highest BCUT2D eigenvalue weighted by Gasteiger charge is 2.08. The summed E-state index contributed by atoms with van der Waals surface area (Å²) in [5, 5.41) is 0.670. The molecular formula is C16H13ClN2OS. The molecular weight excluding hydrogens is 304 g/mol. The van der Waals surface area contributed by atoms with Gasteiger partial charge < -0.3 is 10.2 Å². The van der Waals surface area contributed by atoms with Gasteiger partial charge in [-0.3, -0.25) is 0 Å². The van der Waals surface area contributed by atoms with Crippen molar-refractivity contribution in [2.75, 3.05) is 5.73 Å². The SMILES string of the molecule is Nc1ccc(Cl)cc1SCc1ncc(-c2ccccc2)o1. The van der Waals surface area contributed by atoms with Crippen LogP contribution in [0, 0.1) is 0 Å². The number of thioether (sulfide) groups is 1. The van der Waals surface area contributed by atoms with E-state index in [1.807, 2.05) is 36.4 Å². The molecule has 3 rings (SSSR count). The monoisotopic (exact) mass is 316 g/mol. The van der Waals surface area contributed by atoms with E-state index in [-0.39, 0.29) is 0 Å². The first-order chi connectivity index (χ1) is 10.2. The molecule has 2 aromatic carbocycles. The Balaban J connectivity index is 1.72. The van der Waals surface area contributed by atoms with E-state index < -0.39 is 0 Å². The number of halogens is 1. The van der Waals surface area contributed by atoms with E-state index in [1.54, 1.807) is 30.1 Å². The number of nitrogens with two attached hydrogens (primary N) is 1. The number of anilines is 1. The van der Waals surface area contributed by atoms with Crippen LogP contribution >= 0.6 is 23.4 Å². The number of rotatable bonds is 4. The molecule has 0 spiro atoms. The van der Waals surface area contributed by atoms with Crippen LogP contribution in [0.25, 0.3) is 11.3 Å². The van der Waals surface area contributed by atoms with Crippen molar-refractivity contribution >= 4 is 29.1 Å². The van der Waals surface area contributed by atoms with E-state index in [0.717, 1.165) is 16.2 Å². The van der Waals surface area contributed by atoms with Gasteiger partial charge in [-0.05, 0) is 18.2 Å². The number of aromatic nitrogens is 1. The van der Waals surface area contributed by atoms with Crippen molar-refractivity contribution in [3.63, 3.8) is 0 Å². The third-order valence-corrected chi connectivity index (χ3v) is 4.23. The largest absolute Gasteiger partial charge is 0.440 e. The van der Waals surface area contributed by atoms with Gasteiger partial charge in [-0.1, -0.05) is 41.9 Å². The molecule has 0 saturated heterocycles. The van der Waals surface area contributed by atoms with Crippen molar-refractivity contribution < 1.29 is 4.42 Å². The Bertz CT molecular complexity index is 743. The van der Waals surface area contributed by atoms with Gasteiger partial charge in [0.15, 0.2) is 5.76 Å². The van der Waals surface area contributed by atoms with Crippen molar-refractivity contribution in [2.45, 2.75) is 10.6 Å². The third-order valence-electron chi connectivity index (χ3n) is 2.94. The van der Waals surface area contributed by atoms with Crippen molar-refractivity contribution in [1.29, 1.82) is 0 Å². The maximum Gasteiger partial charge on any atom is 0.205 e. The van der Waals surface area contributed by atoms with Crippen LogP contribution in [0.3, 0.4) is 0 Å². The summed E-state index contributed by atoms with van der Waals surface area (Å²) in [6, 6.07) is 15.3. The van der Waals surface area contributed by atoms with Crippen LogP contribution in [0.1, 0.15) is 5.89 Å². The predicted octanol–water partition coefficient (Wildman–Crippen LogP) is 4.87. The highest BCUT2D eigenvalue weighted by Crippen LogP contribution is 2.31. The van der Waals surface area contributed by atoms with Gasteiger partial charge in [0, 0.05) is 21.2 Å². The standard InChI is InChI=1S/C16H13ClN2OS/c17-12-6-7-13(18)15(8-12)21-10-16-19-9-14(20-16)11-4-2-1-3-5-11/h1-9H,10,18H2. The molecule has 2 N–H and O–H groups in total. The van der Waals surface area contributed by atoms with Gasteiger partial charge >= 0.3 is 0 Å². The second-order valence-corrected chi connectivity index (χ2v) is 5.91. The van der Waals surface area contributed by atoms with E-state index >= 15 is 0 Å². The number of nitrogens with zero attached hydrogens (tertiary/aromatic N) is 1. The van der Waals surface area contributed by atoms with E-state index in [0.29, 0.717) is 22.4 Å². The van der Waals surface area contributed by atoms with Crippen LogP contribution in [0.5, 0.6) is 0 Å². The van der Waals surface area contributed by atoms with Crippen molar-refractivity contribution in [3.05, 3.63) is 65.6 Å². The summed E-state index contributed by atoms with van der Waals surface area (Å²) < 4.78 is 5.76. The summed E-state index contributed by atoms with van der Waals surface area (Å²) in [4.78, 5) is 5.23. The lowest BCUT2D eigenvalue weighted by Gasteiger charge is -2.04. The molecule has 3 nitrogen and oxygen atoms in total. The number of hydrogen-bond acceptors (Lipinski definition) is 4. The maximum absolute atomic E-state index is 5.97. The average Bonchev–Trinajstić information content (AvgIpc) is 2.98. The minimum atomic E-state index is 0.609. The van der Waals surface area contributed by atoms with Crippen LogP contribution in [-0.2, 0) is 5.75 Å². The zero-order valence-electron chi connectivity index (χ0n) is 11.1. The third kappa shape index (κ3) is 3.40. The van der Waals surface area contributed by atoms with Gasteiger partial charge in [-0.25, -0.2) is 4.98 Å². The Morgan fingerprint density at radius 1 is 1.14 bits per heavy atom. The van der Waals surface area contributed by atoms with Crippen LogP contribution in [-0.4, -0.2) is 4.98 Å². The van der Waals surface area contributed by atoms with Crippen LogP contribution < -0.4 is 5.73 Å². The zero-order chi connectivity index (χ0) is 14.7. The number of nitrogen functional groups attached to an aromatic ring is 1. The molecule has 0 aliphatic carbocycles. The van der Waals surface area contributed by atoms with Crippen LogP contribution in [0.4, 0.5) is 5.69 Å². The fourth-order valence-corrected chi connectivity index (χ4v) is 2.98. The second-order valence-electron chi connectivity index (χ2n) is 4.46. The average molecular weight is 317 g/mol. The minimum absolute atomic E-state index is 0.609. The van der Waals surface area contributed by atoms with E-state index in [4.69, 9.17) is 21.8 Å². The van der Waals surface area contributed by atoms with E-state index in [9.17, 15) is 0 Å². The highest BCUT2D eigenvalue weighted by atomic mass is 35.5. The molecule has 21 heavy (non-hydrogen) atoms. The Kier molecular flexibility index (Phi) is 4.18. The Hall–Kier alpha value is -1.91. The van der Waals surface area contributed by atoms with Gasteiger partial charge in [0.1, 0.15) is 0 Å². The Morgan fingerprint density at radius 3 is 2.76 bits per heavy atom. The normalized spacial score (nSPS) is 10.7. The second kappa shape index (κ2) is 6.24. The van der Waals surface area contributed by atoms with Crippen LogP contribution in [0.15, 0.2) is 64.0 Å². The first kappa shape index (κ1) is 14.0. The van der Waals surface area contributed by atoms with Crippen LogP contribution in [0.2, 0.25) is 5.02 Å². The highest BCUT2D eigenvalue weighted by molar-refractivity contribution is 7.98. The maximum atomic E-state index is 5.97. The topological polar surface area (TPSA) is 52.0 Å². The molecule has 0 radical (unpaired) electrons. The van der Waals surface area contributed by atoms with Gasteiger partial charge in [0.25, 0.3) is 0 Å². The summed E-state index contributed by atoms with van der Waals surface area (Å²) >= 11 is 7.53. The van der Waals surface area contributed by atoms with Crippen molar-refractivity contribution in [1.82, 2.24) is 4.98 Å². The molecule has 5 heteroatoms. The Labute approximate surface area is 132 Å². The minimum Gasteiger partial charge on any atom is -0.440 e. The molecule has 0 aliphatic rings. The molecule has 0 aliphatic heterocycles. The van der Waals surface area contributed by atoms with Crippen molar-refractivity contribution in [3.8, 4) is 11.3 Å². The van der Waals surface area contributed by atoms with E-state index in [1.165, 1.54) is 0 Å². The zero-order valence-corrected chi connectivity index (χ0v) is 12.7. The smallest absolute Gasteiger partial charge is 0.205 e. The fourth-order valence-electron chi connectivity index (χ4n) is 1.89. The fraction of sp³-hybridized carbons (Fsp3) is 0.0625. The molecule has 0 atom stereocenters. The lowest BCUT2D eigenvalue weighted by molar-refractivity contribution is 0.530. The molecule has 1 aromatic heterocycles. The number of hydrogen-bond donors (Lipinski definition) is 1. The molecule has 3 aromatic rings. The summed E-state index contributed by atoms with van der Waals surface area (Å²) in [7, 11) is 0. The quantitative estimate of drug-likeness (QED) is 0.551. The first-order valence-corrected chi connectivity index (χ1v) is 7.77. The summed E-state index contributed by atoms with van der Waals surface area (Å²) in [6.45, 7) is 0. The van der Waals surface area contributed by atoms with Gasteiger partial charge in [-0.15, -0.1) is 11.8 Å². The number of benzene rings is 2. The predicted molar refractivity (Wildman–Crippen MR) is 87.4 cm³/mol. The molecule has 0 unspecified atom stereocenters. The van der Waals surface area contributed by atoms with Gasteiger partial charge in [0.2, 0.25) is 5.89 Å². The summed E-state index contributed by atoms with van der Waals surface area (Å²) in [5.41, 5.74) is 7.64. The lowest BCUT2D eigenvalue weighted by Crippen LogP contribution is -1.88. The molecule has 0 amide bonds. The van der Waals surface area contributed by atoms with Gasteiger partial charge in [0.05, 0.1) is 11.9 Å². The molecule has 0 fully saturated rings. The first-order valence-electron chi connectivity index (χ1n) is 6.40. The molecule has 1 heterocycles. The van der Waals surface area contributed by atoms with Gasteiger partial charge in [-0.2, -0.15) is 0 Å². The summed E-state index contributed by atoms with van der Waals surface area (Å²) in [6.07, 6.45) is 1.74. The van der Waals surface area contributed by atoms with Crippen molar-refractivity contribution in [2.24, 2.45) is 0 Å². The summed E-state index contributed by atoms with van der Waals surface area (Å²) in [5.74, 6) is 2.04. The lowest BCUT2D eigenvalue weighted by atomic mass is 10.2. The Morgan fingerprint density at radius 2 is 1.95 bits per heavy atom.